The van der Waals surface area contributed by atoms with Crippen molar-refractivity contribution in [1.82, 2.24) is 9.72 Å². The average Bonchev–Trinajstić information content (AvgIpc) is 2.66. The number of ether oxygens (including phenoxy) is 1. The van der Waals surface area contributed by atoms with Gasteiger partial charge in [0.1, 0.15) is 0 Å². The van der Waals surface area contributed by atoms with Crippen LogP contribution in [0.25, 0.3) is 5.52 Å². The Morgan fingerprint density at radius 3 is 3.17 bits per heavy atom. The lowest BCUT2D eigenvalue weighted by atomic mass is 10.1. The molecule has 0 spiro atoms. The van der Waals surface area contributed by atoms with E-state index in [0.717, 1.165) is 36.7 Å². The van der Waals surface area contributed by atoms with E-state index in [2.05, 4.69) is 28.9 Å². The molecule has 1 aliphatic heterocycles. The third-order valence-electron chi connectivity index (χ3n) is 3.58. The van der Waals surface area contributed by atoms with E-state index in [1.807, 2.05) is 12.1 Å². The molecular formula is C14H17ClN2O. The smallest absolute Gasteiger partial charge is 0.0693 e. The van der Waals surface area contributed by atoms with Gasteiger partial charge in [-0.15, -0.1) is 0 Å². The Labute approximate surface area is 112 Å². The highest BCUT2D eigenvalue weighted by atomic mass is 35.5. The topological polar surface area (TPSA) is 25.7 Å². The highest BCUT2D eigenvalue weighted by Crippen LogP contribution is 2.28. The van der Waals surface area contributed by atoms with Crippen molar-refractivity contribution in [2.75, 3.05) is 19.8 Å². The van der Waals surface area contributed by atoms with Gasteiger partial charge in [0, 0.05) is 30.9 Å². The molecule has 1 fully saturated rings. The van der Waals surface area contributed by atoms with Crippen LogP contribution in [0.4, 0.5) is 0 Å². The van der Waals surface area contributed by atoms with E-state index in [9.17, 15) is 0 Å². The van der Waals surface area contributed by atoms with E-state index in [0.29, 0.717) is 6.04 Å². The first-order valence-corrected chi connectivity index (χ1v) is 6.70. The maximum atomic E-state index is 6.39. The minimum Gasteiger partial charge on any atom is -0.379 e. The summed E-state index contributed by atoms with van der Waals surface area (Å²) in [4.78, 5) is 0. The van der Waals surface area contributed by atoms with E-state index in [4.69, 9.17) is 16.3 Å². The van der Waals surface area contributed by atoms with E-state index in [1.54, 1.807) is 0 Å². The van der Waals surface area contributed by atoms with Crippen molar-refractivity contribution in [2.45, 2.75) is 19.4 Å². The van der Waals surface area contributed by atoms with Crippen LogP contribution >= 0.6 is 11.6 Å². The molecule has 0 aliphatic carbocycles. The summed E-state index contributed by atoms with van der Waals surface area (Å²) in [6.07, 6.45) is 3.02. The van der Waals surface area contributed by atoms with Crippen molar-refractivity contribution < 1.29 is 4.74 Å². The zero-order valence-electron chi connectivity index (χ0n) is 10.4. The Bertz CT molecular complexity index is 558. The molecule has 1 unspecified atom stereocenters. The third kappa shape index (κ3) is 2.03. The number of aromatic nitrogens is 1. The van der Waals surface area contributed by atoms with Gasteiger partial charge in [0.15, 0.2) is 0 Å². The second-order valence-corrected chi connectivity index (χ2v) is 5.15. The van der Waals surface area contributed by atoms with E-state index >= 15 is 0 Å². The molecule has 2 aromatic rings. The quantitative estimate of drug-likeness (QED) is 0.902. The zero-order chi connectivity index (χ0) is 12.5. The van der Waals surface area contributed by atoms with Crippen molar-refractivity contribution in [2.24, 2.45) is 0 Å². The number of pyridine rings is 1. The fraction of sp³-hybridized carbons (Fsp3) is 0.429. The molecule has 1 N–H and O–H groups in total. The monoisotopic (exact) mass is 264 g/mol. The van der Waals surface area contributed by atoms with Gasteiger partial charge < -0.3 is 14.5 Å². The van der Waals surface area contributed by atoms with Crippen LogP contribution in [0.1, 0.15) is 11.3 Å². The lowest BCUT2D eigenvalue weighted by Crippen LogP contribution is -2.42. The first-order valence-electron chi connectivity index (χ1n) is 6.32. The van der Waals surface area contributed by atoms with Crippen LogP contribution in [0.5, 0.6) is 0 Å². The largest absolute Gasteiger partial charge is 0.379 e. The molecule has 2 aromatic heterocycles. The molecule has 0 bridgehead atoms. The summed E-state index contributed by atoms with van der Waals surface area (Å²) in [7, 11) is 0. The van der Waals surface area contributed by atoms with Crippen LogP contribution in [0, 0.1) is 6.92 Å². The van der Waals surface area contributed by atoms with Crippen molar-refractivity contribution in [3.05, 3.63) is 40.7 Å². The number of rotatable bonds is 2. The van der Waals surface area contributed by atoms with Gasteiger partial charge in [-0.05, 0) is 24.6 Å². The first-order chi connectivity index (χ1) is 8.77. The van der Waals surface area contributed by atoms with Gasteiger partial charge in [-0.25, -0.2) is 0 Å². The molecule has 0 aromatic carbocycles. The number of morpholine rings is 1. The molecule has 3 rings (SSSR count). The molecular weight excluding hydrogens is 248 g/mol. The van der Waals surface area contributed by atoms with E-state index in [-0.39, 0.29) is 0 Å². The summed E-state index contributed by atoms with van der Waals surface area (Å²) in [6, 6.07) is 6.50. The number of fused-ring (bicyclic) bond motifs is 1. The second-order valence-electron chi connectivity index (χ2n) is 4.77. The Hall–Kier alpha value is -1.03. The Balaban J connectivity index is 1.97. The zero-order valence-corrected chi connectivity index (χ0v) is 11.2. The lowest BCUT2D eigenvalue weighted by Gasteiger charge is -2.24. The Kier molecular flexibility index (Phi) is 3.29. The molecule has 0 amide bonds. The first kappa shape index (κ1) is 12.0. The van der Waals surface area contributed by atoms with Gasteiger partial charge in [0.2, 0.25) is 0 Å². The van der Waals surface area contributed by atoms with Gasteiger partial charge in [-0.1, -0.05) is 17.7 Å². The molecule has 0 saturated carbocycles. The Morgan fingerprint density at radius 2 is 2.39 bits per heavy atom. The highest BCUT2D eigenvalue weighted by Gasteiger charge is 2.19. The van der Waals surface area contributed by atoms with Crippen LogP contribution in [0.3, 0.4) is 0 Å². The average molecular weight is 265 g/mol. The standard InChI is InChI=1S/C14H17ClN2O/c1-10-13(8-11-9-18-7-5-16-11)17-6-3-2-4-12(17)14(10)15/h2-4,6,11,16H,5,7-9H2,1H3. The molecule has 4 heteroatoms. The molecule has 1 saturated heterocycles. The molecule has 18 heavy (non-hydrogen) atoms. The predicted molar refractivity (Wildman–Crippen MR) is 73.5 cm³/mol. The molecule has 3 nitrogen and oxygen atoms in total. The van der Waals surface area contributed by atoms with E-state index < -0.39 is 0 Å². The van der Waals surface area contributed by atoms with Gasteiger partial charge in [0.05, 0.1) is 23.8 Å². The summed E-state index contributed by atoms with van der Waals surface area (Å²) in [5, 5.41) is 4.35. The van der Waals surface area contributed by atoms with Gasteiger partial charge in [-0.2, -0.15) is 0 Å². The number of hydrogen-bond donors (Lipinski definition) is 1. The number of nitrogens with one attached hydrogen (secondary N) is 1. The van der Waals surface area contributed by atoms with Gasteiger partial charge >= 0.3 is 0 Å². The molecule has 3 heterocycles. The maximum Gasteiger partial charge on any atom is 0.0693 e. The van der Waals surface area contributed by atoms with Gasteiger partial charge in [-0.3, -0.25) is 0 Å². The van der Waals surface area contributed by atoms with Crippen LogP contribution in [0.2, 0.25) is 5.02 Å². The summed E-state index contributed by atoms with van der Waals surface area (Å²) < 4.78 is 7.70. The molecule has 96 valence electrons. The minimum atomic E-state index is 0.381. The van der Waals surface area contributed by atoms with Crippen LogP contribution < -0.4 is 5.32 Å². The van der Waals surface area contributed by atoms with Crippen LogP contribution in [0.15, 0.2) is 24.4 Å². The lowest BCUT2D eigenvalue weighted by molar-refractivity contribution is 0.0766. The number of halogens is 1. The number of hydrogen-bond acceptors (Lipinski definition) is 2. The Morgan fingerprint density at radius 1 is 1.50 bits per heavy atom. The SMILES string of the molecule is Cc1c(Cl)c2ccccn2c1CC1COCCN1. The fourth-order valence-corrected chi connectivity index (χ4v) is 2.86. The summed E-state index contributed by atoms with van der Waals surface area (Å²) >= 11 is 6.39. The van der Waals surface area contributed by atoms with Gasteiger partial charge in [0.25, 0.3) is 0 Å². The van der Waals surface area contributed by atoms with E-state index in [1.165, 1.54) is 11.3 Å². The minimum absolute atomic E-state index is 0.381. The normalized spacial score (nSPS) is 20.4. The van der Waals surface area contributed by atoms with Crippen molar-refractivity contribution in [3.8, 4) is 0 Å². The maximum absolute atomic E-state index is 6.39. The third-order valence-corrected chi connectivity index (χ3v) is 4.05. The van der Waals surface area contributed by atoms with Crippen molar-refractivity contribution in [3.63, 3.8) is 0 Å². The van der Waals surface area contributed by atoms with Crippen LogP contribution in [-0.2, 0) is 11.2 Å². The molecule has 1 aliphatic rings. The second kappa shape index (κ2) is 4.92. The molecule has 1 atom stereocenters. The number of nitrogens with zero attached hydrogens (tertiary/aromatic N) is 1. The molecule has 0 radical (unpaired) electrons. The summed E-state index contributed by atoms with van der Waals surface area (Å²) in [5.41, 5.74) is 3.54. The van der Waals surface area contributed by atoms with Crippen molar-refractivity contribution >= 4 is 17.1 Å². The fourth-order valence-electron chi connectivity index (χ4n) is 2.59. The highest BCUT2D eigenvalue weighted by molar-refractivity contribution is 6.34. The predicted octanol–water partition coefficient (Wildman–Crippen LogP) is 2.43. The summed E-state index contributed by atoms with van der Waals surface area (Å²) in [6.45, 7) is 4.61. The van der Waals surface area contributed by atoms with Crippen LogP contribution in [-0.4, -0.2) is 30.2 Å². The summed E-state index contributed by atoms with van der Waals surface area (Å²) in [5.74, 6) is 0. The van der Waals surface area contributed by atoms with Crippen molar-refractivity contribution in [1.29, 1.82) is 0 Å².